The van der Waals surface area contributed by atoms with E-state index in [2.05, 4.69) is 15.1 Å². The maximum atomic E-state index is 5.87. The van der Waals surface area contributed by atoms with Gasteiger partial charge < -0.3 is 0 Å². The molecule has 0 radical (unpaired) electrons. The zero-order valence-electron chi connectivity index (χ0n) is 8.61. The van der Waals surface area contributed by atoms with Gasteiger partial charge >= 0.3 is 0 Å². The van der Waals surface area contributed by atoms with Gasteiger partial charge in [-0.25, -0.2) is 9.67 Å². The van der Waals surface area contributed by atoms with Crippen LogP contribution >= 0.6 is 11.6 Å². The van der Waals surface area contributed by atoms with Crippen LogP contribution in [0, 0.1) is 13.8 Å². The minimum atomic E-state index is 0.604. The summed E-state index contributed by atoms with van der Waals surface area (Å²) in [4.78, 5) is 8.43. The first-order valence-corrected chi connectivity index (χ1v) is 5.01. The van der Waals surface area contributed by atoms with Gasteiger partial charge in [0.15, 0.2) is 0 Å². The van der Waals surface area contributed by atoms with Crippen molar-refractivity contribution < 1.29 is 0 Å². The minimum Gasteiger partial charge on any atom is -0.259 e. The van der Waals surface area contributed by atoms with Gasteiger partial charge in [-0.2, -0.15) is 5.10 Å². The van der Waals surface area contributed by atoms with Crippen molar-refractivity contribution in [1.82, 2.24) is 19.7 Å². The highest BCUT2D eigenvalue weighted by Crippen LogP contribution is 2.09. The Morgan fingerprint density at radius 2 is 2.20 bits per heavy atom. The summed E-state index contributed by atoms with van der Waals surface area (Å²) in [7, 11) is 0. The summed E-state index contributed by atoms with van der Waals surface area (Å²) in [6.07, 6.45) is 1.69. The number of nitrogens with zero attached hydrogens (tertiary/aromatic N) is 4. The number of aromatic nitrogens is 4. The molecule has 15 heavy (non-hydrogen) atoms. The second-order valence-electron chi connectivity index (χ2n) is 3.33. The van der Waals surface area contributed by atoms with E-state index in [1.165, 1.54) is 0 Å². The van der Waals surface area contributed by atoms with Gasteiger partial charge in [0.1, 0.15) is 11.6 Å². The molecule has 78 valence electrons. The van der Waals surface area contributed by atoms with E-state index >= 15 is 0 Å². The van der Waals surface area contributed by atoms with Crippen molar-refractivity contribution >= 4 is 11.6 Å². The maximum Gasteiger partial charge on any atom is 0.147 e. The largest absolute Gasteiger partial charge is 0.259 e. The molecule has 2 aromatic heterocycles. The van der Waals surface area contributed by atoms with Gasteiger partial charge in [-0.15, -0.1) is 0 Å². The molecule has 0 aromatic carbocycles. The third-order valence-corrected chi connectivity index (χ3v) is 2.29. The van der Waals surface area contributed by atoms with Crippen molar-refractivity contribution in [2.75, 3.05) is 0 Å². The first kappa shape index (κ1) is 10.1. The highest BCUT2D eigenvalue weighted by atomic mass is 35.5. The van der Waals surface area contributed by atoms with Crippen LogP contribution in [0.5, 0.6) is 0 Å². The number of rotatable bonds is 2. The highest BCUT2D eigenvalue weighted by molar-refractivity contribution is 6.30. The molecular weight excluding hydrogens is 212 g/mol. The zero-order chi connectivity index (χ0) is 10.8. The number of pyridine rings is 1. The van der Waals surface area contributed by atoms with Crippen molar-refractivity contribution in [3.63, 3.8) is 0 Å². The van der Waals surface area contributed by atoms with E-state index in [9.17, 15) is 0 Å². The van der Waals surface area contributed by atoms with Crippen molar-refractivity contribution in [3.8, 4) is 0 Å². The average Bonchev–Trinajstić information content (AvgIpc) is 2.45. The Bertz CT molecular complexity index is 478. The van der Waals surface area contributed by atoms with Crippen LogP contribution in [0.4, 0.5) is 0 Å². The lowest BCUT2D eigenvalue weighted by molar-refractivity contribution is 0.644. The molecule has 2 aromatic rings. The molecule has 0 amide bonds. The van der Waals surface area contributed by atoms with Crippen molar-refractivity contribution in [2.24, 2.45) is 0 Å². The lowest BCUT2D eigenvalue weighted by atomic mass is 10.3. The van der Waals surface area contributed by atoms with Crippen LogP contribution in [0.3, 0.4) is 0 Å². The molecule has 2 heterocycles. The predicted octanol–water partition coefficient (Wildman–Crippen LogP) is 1.99. The monoisotopic (exact) mass is 222 g/mol. The number of hydrogen-bond acceptors (Lipinski definition) is 3. The minimum absolute atomic E-state index is 0.604. The summed E-state index contributed by atoms with van der Waals surface area (Å²) >= 11 is 5.87. The van der Waals surface area contributed by atoms with Gasteiger partial charge in [-0.05, 0) is 26.0 Å². The molecule has 0 fully saturated rings. The molecule has 2 rings (SSSR count). The molecule has 0 aliphatic heterocycles. The molecule has 4 nitrogen and oxygen atoms in total. The van der Waals surface area contributed by atoms with Crippen LogP contribution in [0.25, 0.3) is 0 Å². The Labute approximate surface area is 92.9 Å². The Morgan fingerprint density at radius 1 is 1.40 bits per heavy atom. The van der Waals surface area contributed by atoms with Crippen LogP contribution in [0.15, 0.2) is 18.3 Å². The van der Waals surface area contributed by atoms with Crippen molar-refractivity contribution in [3.05, 3.63) is 40.7 Å². The van der Waals surface area contributed by atoms with Crippen LogP contribution in [-0.2, 0) is 6.54 Å². The van der Waals surface area contributed by atoms with E-state index in [1.54, 1.807) is 12.3 Å². The van der Waals surface area contributed by atoms with Crippen LogP contribution < -0.4 is 0 Å². The van der Waals surface area contributed by atoms with Gasteiger partial charge in [-0.3, -0.25) is 4.98 Å². The van der Waals surface area contributed by atoms with Gasteiger partial charge in [0.2, 0.25) is 0 Å². The van der Waals surface area contributed by atoms with E-state index < -0.39 is 0 Å². The molecule has 5 heteroatoms. The standard InChI is InChI=1S/C10H11ClN4/c1-7-13-8(2)15(14-7)6-10-5-9(11)3-4-12-10/h3-5H,6H2,1-2H3. The van der Waals surface area contributed by atoms with Gasteiger partial charge in [0.25, 0.3) is 0 Å². The smallest absolute Gasteiger partial charge is 0.147 e. The molecule has 0 N–H and O–H groups in total. The summed E-state index contributed by atoms with van der Waals surface area (Å²) in [5, 5.41) is 4.95. The average molecular weight is 223 g/mol. The Morgan fingerprint density at radius 3 is 2.80 bits per heavy atom. The first-order valence-electron chi connectivity index (χ1n) is 4.63. The molecule has 0 atom stereocenters. The SMILES string of the molecule is Cc1nc(C)n(Cc2cc(Cl)ccn2)n1. The topological polar surface area (TPSA) is 43.6 Å². The third-order valence-electron chi connectivity index (χ3n) is 2.05. The molecule has 0 saturated heterocycles. The first-order chi connectivity index (χ1) is 7.15. The molecule has 0 spiro atoms. The normalized spacial score (nSPS) is 10.6. The predicted molar refractivity (Wildman–Crippen MR) is 57.8 cm³/mol. The highest BCUT2D eigenvalue weighted by Gasteiger charge is 2.04. The quantitative estimate of drug-likeness (QED) is 0.781. The fourth-order valence-corrected chi connectivity index (χ4v) is 1.58. The lowest BCUT2D eigenvalue weighted by Gasteiger charge is -2.02. The van der Waals surface area contributed by atoms with Crippen LogP contribution in [-0.4, -0.2) is 19.7 Å². The number of halogens is 1. The van der Waals surface area contributed by atoms with E-state index in [0.29, 0.717) is 11.6 Å². The van der Waals surface area contributed by atoms with Crippen LogP contribution in [0.1, 0.15) is 17.3 Å². The fraction of sp³-hybridized carbons (Fsp3) is 0.300. The van der Waals surface area contributed by atoms with Crippen LogP contribution in [0.2, 0.25) is 5.02 Å². The summed E-state index contributed by atoms with van der Waals surface area (Å²) in [6.45, 7) is 4.40. The number of aryl methyl sites for hydroxylation is 2. The summed E-state index contributed by atoms with van der Waals surface area (Å²) in [5.74, 6) is 1.66. The molecule has 0 bridgehead atoms. The Balaban J connectivity index is 2.25. The summed E-state index contributed by atoms with van der Waals surface area (Å²) < 4.78 is 1.81. The van der Waals surface area contributed by atoms with Gasteiger partial charge in [0, 0.05) is 11.2 Å². The summed E-state index contributed by atoms with van der Waals surface area (Å²) in [5.41, 5.74) is 0.885. The number of hydrogen-bond donors (Lipinski definition) is 0. The Kier molecular flexibility index (Phi) is 2.68. The molecule has 0 aliphatic carbocycles. The Hall–Kier alpha value is -1.42. The zero-order valence-corrected chi connectivity index (χ0v) is 9.36. The van der Waals surface area contributed by atoms with Crippen molar-refractivity contribution in [2.45, 2.75) is 20.4 Å². The van der Waals surface area contributed by atoms with E-state index in [1.807, 2.05) is 24.6 Å². The fourth-order valence-electron chi connectivity index (χ4n) is 1.40. The van der Waals surface area contributed by atoms with Gasteiger partial charge in [-0.1, -0.05) is 11.6 Å². The molecule has 0 aliphatic rings. The third kappa shape index (κ3) is 2.33. The van der Waals surface area contributed by atoms with E-state index in [0.717, 1.165) is 17.3 Å². The van der Waals surface area contributed by atoms with Gasteiger partial charge in [0.05, 0.1) is 12.2 Å². The second kappa shape index (κ2) is 3.98. The van der Waals surface area contributed by atoms with E-state index in [-0.39, 0.29) is 0 Å². The molecule has 0 saturated carbocycles. The lowest BCUT2D eigenvalue weighted by Crippen LogP contribution is -2.05. The second-order valence-corrected chi connectivity index (χ2v) is 3.77. The van der Waals surface area contributed by atoms with Crippen molar-refractivity contribution in [1.29, 1.82) is 0 Å². The molecular formula is C10H11ClN4. The molecule has 0 unspecified atom stereocenters. The summed E-state index contributed by atoms with van der Waals surface area (Å²) in [6, 6.07) is 3.59. The maximum absolute atomic E-state index is 5.87. The van der Waals surface area contributed by atoms with E-state index in [4.69, 9.17) is 11.6 Å².